The molecule has 6 unspecified atom stereocenters. The Kier molecular flexibility index (Phi) is 18.3. The predicted molar refractivity (Wildman–Crippen MR) is 130 cm³/mol. The topological polar surface area (TPSA) is 79.5 Å². The van der Waals surface area contributed by atoms with Crippen LogP contribution < -0.4 is 16.5 Å². The molecule has 1 rings (SSSR count). The first kappa shape index (κ1) is 29.8. The summed E-state index contributed by atoms with van der Waals surface area (Å²) in [6.45, 7) is 17.7. The van der Waals surface area contributed by atoms with Gasteiger partial charge in [0.25, 0.3) is 0 Å². The van der Waals surface area contributed by atoms with Crippen molar-refractivity contribution in [1.29, 1.82) is 0 Å². The predicted octanol–water partition coefficient (Wildman–Crippen LogP) is 5.08. The van der Waals surface area contributed by atoms with Gasteiger partial charge in [0.1, 0.15) is 0 Å². The molecule has 0 saturated heterocycles. The summed E-state index contributed by atoms with van der Waals surface area (Å²) in [7, 11) is 1.50. The fraction of sp³-hybridized carbons (Fsp3) is 1.00. The van der Waals surface area contributed by atoms with Crippen LogP contribution in [0.15, 0.2) is 0 Å². The third kappa shape index (κ3) is 12.6. The zero-order valence-corrected chi connectivity index (χ0v) is 21.3. The van der Waals surface area contributed by atoms with Crippen molar-refractivity contribution in [3.05, 3.63) is 0 Å². The fourth-order valence-corrected chi connectivity index (χ4v) is 4.97. The molecule has 1 aliphatic rings. The molecule has 1 saturated carbocycles. The molecule has 0 aromatic carbocycles. The normalized spacial score (nSPS) is 24.4. The van der Waals surface area contributed by atoms with Gasteiger partial charge in [-0.05, 0) is 101 Å². The monoisotopic (exact) mass is 429 g/mol. The molecule has 0 aromatic heterocycles. The van der Waals surface area contributed by atoms with E-state index in [1.165, 1.54) is 45.6 Å². The molecule has 0 aliphatic heterocycles. The highest BCUT2D eigenvalue weighted by Gasteiger charge is 2.32. The van der Waals surface area contributed by atoms with Crippen LogP contribution in [0.1, 0.15) is 86.5 Å². The zero-order chi connectivity index (χ0) is 22.9. The number of hydrogen-bond donors (Lipinski definition) is 4. The van der Waals surface area contributed by atoms with Gasteiger partial charge in [0.15, 0.2) is 0 Å². The van der Waals surface area contributed by atoms with E-state index in [1.54, 1.807) is 0 Å². The van der Waals surface area contributed by atoms with E-state index in [4.69, 9.17) is 4.74 Å². The standard InChI is InChI=1S/C24H50N2O2.CH5N/c1-7-24(26-27)21(6)20(5)16-25-11-9-8-10-12-28-17-23-15-19(4)14-22(23)13-18(2)3;1-2/h18-27H,7-17H2,1-6H3;2H2,1H3. The number of nitrogens with two attached hydrogens (primary N) is 1. The van der Waals surface area contributed by atoms with Crippen molar-refractivity contribution in [3.63, 3.8) is 0 Å². The molecular formula is C25H55N3O2. The first-order valence-electron chi connectivity index (χ1n) is 12.6. The fourth-order valence-electron chi connectivity index (χ4n) is 4.97. The Bertz CT molecular complexity index is 377. The van der Waals surface area contributed by atoms with Crippen LogP contribution >= 0.6 is 0 Å². The van der Waals surface area contributed by atoms with Gasteiger partial charge < -0.3 is 21.0 Å². The Labute approximate surface area is 188 Å². The van der Waals surface area contributed by atoms with Gasteiger partial charge >= 0.3 is 0 Å². The van der Waals surface area contributed by atoms with Gasteiger partial charge in [0, 0.05) is 19.3 Å². The number of nitrogens with one attached hydrogen (secondary N) is 2. The van der Waals surface area contributed by atoms with Crippen LogP contribution in [-0.2, 0) is 4.74 Å². The van der Waals surface area contributed by atoms with Gasteiger partial charge in [-0.1, -0.05) is 41.5 Å². The van der Waals surface area contributed by atoms with Crippen molar-refractivity contribution in [2.24, 2.45) is 41.2 Å². The van der Waals surface area contributed by atoms with E-state index in [1.807, 2.05) is 0 Å². The number of unbranched alkanes of at least 4 members (excludes halogenated alkanes) is 2. The first-order chi connectivity index (χ1) is 14.4. The number of hydroxylamine groups is 1. The summed E-state index contributed by atoms with van der Waals surface area (Å²) in [4.78, 5) is 0. The van der Waals surface area contributed by atoms with Crippen molar-refractivity contribution < 1.29 is 9.94 Å². The van der Waals surface area contributed by atoms with E-state index < -0.39 is 0 Å². The maximum Gasteiger partial charge on any atom is 0.0497 e. The van der Waals surface area contributed by atoms with Gasteiger partial charge in [-0.15, -0.1) is 0 Å². The van der Waals surface area contributed by atoms with Crippen molar-refractivity contribution in [1.82, 2.24) is 10.8 Å². The SMILES string of the molecule is CCC(NO)C(C)C(C)CNCCCCCOCC1CC(C)CC1CC(C)C.CN. The molecule has 5 heteroatoms. The molecule has 5 nitrogen and oxygen atoms in total. The van der Waals surface area contributed by atoms with E-state index in [2.05, 4.69) is 58.1 Å². The smallest absolute Gasteiger partial charge is 0.0497 e. The lowest BCUT2D eigenvalue weighted by Gasteiger charge is -2.27. The highest BCUT2D eigenvalue weighted by atomic mass is 16.5. The number of hydrogen-bond acceptors (Lipinski definition) is 5. The quantitative estimate of drug-likeness (QED) is 0.203. The minimum atomic E-state index is 0.192. The second-order valence-electron chi connectivity index (χ2n) is 10.0. The van der Waals surface area contributed by atoms with E-state index in [0.29, 0.717) is 11.8 Å². The lowest BCUT2D eigenvalue weighted by molar-refractivity contribution is 0.0784. The number of ether oxygens (including phenoxy) is 1. The molecule has 0 bridgehead atoms. The summed E-state index contributed by atoms with van der Waals surface area (Å²) in [5, 5.41) is 12.8. The summed E-state index contributed by atoms with van der Waals surface area (Å²) in [6, 6.07) is 0.192. The summed E-state index contributed by atoms with van der Waals surface area (Å²) >= 11 is 0. The van der Waals surface area contributed by atoms with Crippen LogP contribution in [0, 0.1) is 35.5 Å². The van der Waals surface area contributed by atoms with Crippen LogP contribution in [0.2, 0.25) is 0 Å². The maximum absolute atomic E-state index is 9.21. The van der Waals surface area contributed by atoms with Gasteiger partial charge in [-0.2, -0.15) is 0 Å². The Morgan fingerprint density at radius 2 is 1.70 bits per heavy atom. The lowest BCUT2D eigenvalue weighted by Crippen LogP contribution is -2.38. The van der Waals surface area contributed by atoms with Crippen molar-refractivity contribution >= 4 is 0 Å². The van der Waals surface area contributed by atoms with Crippen LogP contribution in [0.4, 0.5) is 0 Å². The minimum Gasteiger partial charge on any atom is -0.381 e. The summed E-state index contributed by atoms with van der Waals surface area (Å²) < 4.78 is 6.05. The van der Waals surface area contributed by atoms with Crippen molar-refractivity contribution in [2.75, 3.05) is 33.4 Å². The Morgan fingerprint density at radius 1 is 1.03 bits per heavy atom. The number of rotatable bonds is 16. The summed E-state index contributed by atoms with van der Waals surface area (Å²) in [5.41, 5.74) is 6.96. The highest BCUT2D eigenvalue weighted by molar-refractivity contribution is 4.82. The lowest BCUT2D eigenvalue weighted by atomic mass is 9.88. The Balaban J connectivity index is 0.00000407. The molecule has 0 amide bonds. The van der Waals surface area contributed by atoms with E-state index in [0.717, 1.165) is 56.4 Å². The second kappa shape index (κ2) is 18.4. The minimum absolute atomic E-state index is 0.192. The largest absolute Gasteiger partial charge is 0.381 e. The molecule has 30 heavy (non-hydrogen) atoms. The molecule has 0 radical (unpaired) electrons. The van der Waals surface area contributed by atoms with Gasteiger partial charge in [0.2, 0.25) is 0 Å². The summed E-state index contributed by atoms with van der Waals surface area (Å²) in [6.07, 6.45) is 8.73. The average Bonchev–Trinajstić information content (AvgIpc) is 3.07. The van der Waals surface area contributed by atoms with Crippen LogP contribution in [0.5, 0.6) is 0 Å². The highest BCUT2D eigenvalue weighted by Crippen LogP contribution is 2.39. The Hall–Kier alpha value is -0.200. The van der Waals surface area contributed by atoms with E-state index in [9.17, 15) is 5.21 Å². The first-order valence-corrected chi connectivity index (χ1v) is 12.6. The molecule has 1 aliphatic carbocycles. The van der Waals surface area contributed by atoms with E-state index >= 15 is 0 Å². The molecular weight excluding hydrogens is 374 g/mol. The van der Waals surface area contributed by atoms with Crippen LogP contribution in [-0.4, -0.2) is 44.6 Å². The molecule has 0 heterocycles. The Morgan fingerprint density at radius 3 is 2.30 bits per heavy atom. The molecule has 182 valence electrons. The third-order valence-corrected chi connectivity index (χ3v) is 6.93. The molecule has 0 aromatic rings. The summed E-state index contributed by atoms with van der Waals surface area (Å²) in [5.74, 6) is 4.40. The third-order valence-electron chi connectivity index (χ3n) is 6.93. The van der Waals surface area contributed by atoms with Crippen molar-refractivity contribution in [3.8, 4) is 0 Å². The van der Waals surface area contributed by atoms with Crippen molar-refractivity contribution in [2.45, 2.75) is 92.5 Å². The maximum atomic E-state index is 9.21. The van der Waals surface area contributed by atoms with Gasteiger partial charge in [-0.3, -0.25) is 0 Å². The molecule has 6 atom stereocenters. The molecule has 1 fully saturated rings. The molecule has 0 spiro atoms. The second-order valence-corrected chi connectivity index (χ2v) is 10.0. The van der Waals surface area contributed by atoms with Crippen LogP contribution in [0.3, 0.4) is 0 Å². The molecule has 5 N–H and O–H groups in total. The van der Waals surface area contributed by atoms with E-state index in [-0.39, 0.29) is 6.04 Å². The average molecular weight is 430 g/mol. The van der Waals surface area contributed by atoms with Gasteiger partial charge in [-0.25, -0.2) is 5.48 Å². The van der Waals surface area contributed by atoms with Gasteiger partial charge in [0.05, 0.1) is 0 Å². The van der Waals surface area contributed by atoms with Crippen LogP contribution in [0.25, 0.3) is 0 Å². The zero-order valence-electron chi connectivity index (χ0n) is 21.3.